The van der Waals surface area contributed by atoms with Crippen molar-refractivity contribution < 1.29 is 69.1 Å². The van der Waals surface area contributed by atoms with Crippen LogP contribution >= 0.6 is 47.2 Å². The molecule has 3 aliphatic rings. The van der Waals surface area contributed by atoms with Gasteiger partial charge in [0.15, 0.2) is 0 Å². The van der Waals surface area contributed by atoms with Crippen LogP contribution in [-0.4, -0.2) is 142 Å². The number of alkyl halides is 6. The van der Waals surface area contributed by atoms with Gasteiger partial charge in [-0.2, -0.15) is 71.2 Å². The minimum Gasteiger partial charge on any atom is -0.467 e. The van der Waals surface area contributed by atoms with E-state index in [0.29, 0.717) is 42.4 Å². The van der Waals surface area contributed by atoms with E-state index in [1.807, 2.05) is 27.7 Å². The number of carbonyl (C=O) groups is 3. The third-order valence-electron chi connectivity index (χ3n) is 12.3. The number of benzene rings is 2. The third-order valence-corrected chi connectivity index (χ3v) is 12.8. The van der Waals surface area contributed by atoms with Crippen LogP contribution in [0, 0.1) is 0 Å². The summed E-state index contributed by atoms with van der Waals surface area (Å²) in [7, 11) is 4.23. The van der Waals surface area contributed by atoms with Gasteiger partial charge >= 0.3 is 48.7 Å². The van der Waals surface area contributed by atoms with Crippen LogP contribution in [0.1, 0.15) is 88.5 Å². The molecule has 476 valence electrons. The minimum atomic E-state index is -4.40. The molecule has 37 heteroatoms. The summed E-state index contributed by atoms with van der Waals surface area (Å²) < 4.78 is 108. The quantitative estimate of drug-likeness (QED) is 0.0673. The van der Waals surface area contributed by atoms with Crippen LogP contribution in [0.4, 0.5) is 58.6 Å². The highest BCUT2D eigenvalue weighted by molar-refractivity contribution is 6.31. The molecule has 0 radical (unpaired) electrons. The summed E-state index contributed by atoms with van der Waals surface area (Å²) in [4.78, 5) is 80.2. The monoisotopic (exact) mass is 1320 g/mol. The number of imidazole rings is 2. The van der Waals surface area contributed by atoms with Crippen LogP contribution in [-0.2, 0) is 26.6 Å². The molecule has 10 rings (SSSR count). The van der Waals surface area contributed by atoms with Gasteiger partial charge in [-0.25, -0.2) is 34.2 Å². The number of carbonyl (C=O) groups excluding carboxylic acids is 3. The van der Waals surface area contributed by atoms with E-state index in [9.17, 15) is 40.7 Å². The number of anilines is 3. The second kappa shape index (κ2) is 32.0. The molecular weight excluding hydrogens is 1260 g/mol. The van der Waals surface area contributed by atoms with Gasteiger partial charge in [0.1, 0.15) is 19.8 Å². The van der Waals surface area contributed by atoms with Crippen molar-refractivity contribution in [3.05, 3.63) is 112 Å². The van der Waals surface area contributed by atoms with Gasteiger partial charge in [-0.05, 0) is 116 Å². The van der Waals surface area contributed by atoms with Gasteiger partial charge in [0.2, 0.25) is 33.7 Å². The zero-order valence-corrected chi connectivity index (χ0v) is 50.9. The number of alkyl carbamates (subject to hydrolysis) is 1. The first-order valence-electron chi connectivity index (χ1n) is 25.9. The van der Waals surface area contributed by atoms with Crippen molar-refractivity contribution in [3.63, 3.8) is 0 Å². The van der Waals surface area contributed by atoms with E-state index in [0.717, 1.165) is 37.1 Å². The SMILES string of the molecule is CC[C@H]1COC(=O)N1.CC[C@H]1COC(=O)N1c1nc(Cl)nc(OC)n1.CC[C@H]1COC(=O)N1c1nc(N[C@@H](C)c2cn(-c3ccc(C(F)(F)F)cc3)cn2)nc(OC)n1.COc1nc(Cl)nc(Cl)n1.C[C@H](N)c1cn(-c2ccc(C(F)(F)F)cc2)cn1.Cl. The smallest absolute Gasteiger partial charge is 0.417 e. The highest BCUT2D eigenvalue weighted by atomic mass is 35.5. The summed E-state index contributed by atoms with van der Waals surface area (Å²) in [5, 5.41) is 5.76. The molecule has 0 unspecified atom stereocenters. The molecular formula is C51H58Cl4F6N18O9. The van der Waals surface area contributed by atoms with Crippen molar-refractivity contribution >= 4 is 83.3 Å². The van der Waals surface area contributed by atoms with Gasteiger partial charge in [0.05, 0.1) is 80.7 Å². The standard InChI is InChI=1S/C21H22F3N7O3.C12H12F3N3.C9H11ClN4O3.C5H9NO2.C4H3Cl2N3O.ClH/c1-4-14-10-34-20(32)31(14)18-27-17(28-19(29-18)33-3)26-12(2)16-9-30(11-25-16)15-7-5-13(6-8-15)21(22,23)24;1-8(16)11-6-18(7-17-11)10-4-2-9(3-5-10)12(13,14)15;1-3-5-4-17-9(15)14(5)7-11-6(10)12-8(13-7)16-2;1-2-4-3-8-5(7)6-4;1-10-4-8-2(5)7-3(6)9-4;/h5-9,11-12,14H,4,10H2,1-3H3,(H,26,27,28,29);2-8H,16H2,1H3;5H,3-4H2,1-2H3;4H,2-3H2,1H3,(H,6,7);1H3;1H/t12-,14-;8-;5-;4-;;/m0000../s1. The average molecular weight is 1320 g/mol. The Kier molecular flexibility index (Phi) is 25.6. The maximum absolute atomic E-state index is 12.8. The zero-order valence-electron chi connectivity index (χ0n) is 47.8. The van der Waals surface area contributed by atoms with E-state index in [4.69, 9.17) is 59.5 Å². The topological polar surface area (TPSA) is 315 Å². The Balaban J connectivity index is 0.000000221. The van der Waals surface area contributed by atoms with Crippen molar-refractivity contribution in [1.82, 2.24) is 69.3 Å². The predicted molar refractivity (Wildman–Crippen MR) is 308 cm³/mol. The molecule has 0 bridgehead atoms. The van der Waals surface area contributed by atoms with Gasteiger partial charge in [-0.1, -0.05) is 20.8 Å². The van der Waals surface area contributed by atoms with E-state index in [2.05, 4.69) is 74.9 Å². The summed E-state index contributed by atoms with van der Waals surface area (Å²) in [6.45, 7) is 10.6. The third kappa shape index (κ3) is 19.6. The zero-order chi connectivity index (χ0) is 63.8. The molecule has 88 heavy (non-hydrogen) atoms. The Morgan fingerprint density at radius 1 is 0.602 bits per heavy atom. The lowest BCUT2D eigenvalue weighted by molar-refractivity contribution is -0.138. The van der Waals surface area contributed by atoms with Crippen molar-refractivity contribution in [1.29, 1.82) is 0 Å². The highest BCUT2D eigenvalue weighted by Gasteiger charge is 2.37. The lowest BCUT2D eigenvalue weighted by Gasteiger charge is -2.19. The van der Waals surface area contributed by atoms with E-state index in [1.54, 1.807) is 28.5 Å². The largest absolute Gasteiger partial charge is 0.467 e. The molecule has 5 atom stereocenters. The number of hydrogen-bond donors (Lipinski definition) is 3. The molecule has 0 aliphatic carbocycles. The maximum Gasteiger partial charge on any atom is 0.417 e. The van der Waals surface area contributed by atoms with Crippen LogP contribution in [0.25, 0.3) is 11.4 Å². The number of nitrogens with zero attached hydrogens (tertiary/aromatic N) is 15. The fourth-order valence-corrected chi connectivity index (χ4v) is 8.01. The molecule has 4 N–H and O–H groups in total. The Morgan fingerprint density at radius 2 is 1.02 bits per heavy atom. The molecule has 3 saturated heterocycles. The summed E-state index contributed by atoms with van der Waals surface area (Å²) in [5.41, 5.74) is 6.69. The fraction of sp³-hybridized carbons (Fsp3) is 0.412. The van der Waals surface area contributed by atoms with Gasteiger partial charge < -0.3 is 53.9 Å². The normalized spacial score (nSPS) is 16.6. The maximum atomic E-state index is 12.8. The summed E-state index contributed by atoms with van der Waals surface area (Å²) in [6.07, 6.45) is -1.27. The number of aromatic nitrogens is 13. The number of nitrogens with two attached hydrogens (primary N) is 1. The molecule has 5 aromatic heterocycles. The first kappa shape index (κ1) is 70.4. The fourth-order valence-electron chi connectivity index (χ4n) is 7.52. The number of ether oxygens (including phenoxy) is 6. The molecule has 3 fully saturated rings. The van der Waals surface area contributed by atoms with Gasteiger partial charge in [-0.15, -0.1) is 12.4 Å². The van der Waals surface area contributed by atoms with E-state index in [-0.39, 0.29) is 107 Å². The van der Waals surface area contributed by atoms with Crippen molar-refractivity contribution in [2.24, 2.45) is 5.73 Å². The molecule has 3 aliphatic heterocycles. The van der Waals surface area contributed by atoms with Crippen molar-refractivity contribution in [3.8, 4) is 29.4 Å². The van der Waals surface area contributed by atoms with E-state index in [1.165, 1.54) is 68.0 Å². The number of nitrogens with one attached hydrogen (secondary N) is 2. The molecule has 3 amide bonds. The van der Waals surface area contributed by atoms with Crippen LogP contribution in [0.2, 0.25) is 15.9 Å². The van der Waals surface area contributed by atoms with Gasteiger partial charge in [-0.3, -0.25) is 0 Å². The molecule has 27 nitrogen and oxygen atoms in total. The van der Waals surface area contributed by atoms with E-state index < -0.39 is 35.7 Å². The molecule has 0 saturated carbocycles. The molecule has 0 spiro atoms. The Labute approximate surface area is 519 Å². The number of cyclic esters (lactones) is 3. The predicted octanol–water partition coefficient (Wildman–Crippen LogP) is 10.3. The number of rotatable bonds is 14. The second-order valence-corrected chi connectivity index (χ2v) is 19.2. The summed E-state index contributed by atoms with van der Waals surface area (Å²) in [6, 6.07) is 9.21. The van der Waals surface area contributed by atoms with Crippen molar-refractivity contribution in [2.75, 3.05) is 56.3 Å². The molecule has 2 aromatic carbocycles. The van der Waals surface area contributed by atoms with Gasteiger partial charge in [0.25, 0.3) is 0 Å². The first-order valence-corrected chi connectivity index (χ1v) is 27.1. The van der Waals surface area contributed by atoms with E-state index >= 15 is 0 Å². The summed E-state index contributed by atoms with van der Waals surface area (Å²) >= 11 is 16.5. The second-order valence-electron chi connectivity index (χ2n) is 18.2. The van der Waals surface area contributed by atoms with Gasteiger partial charge in [0, 0.05) is 29.8 Å². The molecule has 7 aromatic rings. The summed E-state index contributed by atoms with van der Waals surface area (Å²) in [5.74, 6) is 0.412. The molecule has 8 heterocycles. The number of hydrogen-bond acceptors (Lipinski definition) is 22. The Bertz CT molecular complexity index is 3390. The average Bonchev–Trinajstić information content (AvgIpc) is 4.37. The highest BCUT2D eigenvalue weighted by Crippen LogP contribution is 2.32. The van der Waals surface area contributed by atoms with Crippen LogP contribution in [0.3, 0.4) is 0 Å². The van der Waals surface area contributed by atoms with Crippen LogP contribution < -0.4 is 40.4 Å². The van der Waals surface area contributed by atoms with Crippen LogP contribution in [0.15, 0.2) is 73.6 Å². The number of halogens is 10. The lowest BCUT2D eigenvalue weighted by atomic mass is 10.2. The number of methoxy groups -OCH3 is 3. The lowest BCUT2D eigenvalue weighted by Crippen LogP contribution is -2.34. The number of amides is 3. The van der Waals surface area contributed by atoms with Crippen molar-refractivity contribution in [2.45, 2.75) is 96.4 Å². The Hall–Kier alpha value is -8.40. The first-order chi connectivity index (χ1) is 41.3. The Morgan fingerprint density at radius 3 is 1.41 bits per heavy atom. The van der Waals surface area contributed by atoms with Crippen LogP contribution in [0.5, 0.6) is 18.0 Å². The minimum absolute atomic E-state index is 0.